The number of primary amides is 1. The molecule has 0 aliphatic carbocycles. The molecule has 0 aromatic heterocycles. The van der Waals surface area contributed by atoms with Gasteiger partial charge >= 0.3 is 0 Å². The lowest BCUT2D eigenvalue weighted by Crippen LogP contribution is -2.49. The Morgan fingerprint density at radius 2 is 1.73 bits per heavy atom. The summed E-state index contributed by atoms with van der Waals surface area (Å²) in [7, 11) is 0. The summed E-state index contributed by atoms with van der Waals surface area (Å²) in [5, 5.41) is 6.15. The Labute approximate surface area is 194 Å². The topological polar surface area (TPSA) is 91.5 Å². The van der Waals surface area contributed by atoms with Gasteiger partial charge in [-0.15, -0.1) is 0 Å². The van der Waals surface area contributed by atoms with Crippen LogP contribution in [-0.4, -0.2) is 72.3 Å². The number of ether oxygens (including phenoxy) is 1. The summed E-state index contributed by atoms with van der Waals surface area (Å²) in [5.41, 5.74) is 7.81. The number of morpholine rings is 1. The molecule has 8 nitrogen and oxygen atoms in total. The standard InChI is InChI=1S/C25H31N5O3/c1-19(17-28-12-14-33-15-13-28)29(18-20-8-4-2-5-9-20)25(32)22-16-23(24(26)31)30(27-22)21-10-6-3-7-11-21/h2-11,19,23H,12-18H2,1H3,(H2,26,31). The van der Waals surface area contributed by atoms with Crippen LogP contribution in [0.1, 0.15) is 18.9 Å². The molecular formula is C25H31N5O3. The number of nitrogens with zero attached hydrogens (tertiary/aromatic N) is 4. The zero-order valence-corrected chi connectivity index (χ0v) is 19.0. The van der Waals surface area contributed by atoms with Crippen LogP contribution in [0.4, 0.5) is 5.69 Å². The predicted octanol–water partition coefficient (Wildman–Crippen LogP) is 1.86. The molecule has 4 rings (SSSR count). The third-order valence-corrected chi connectivity index (χ3v) is 6.12. The highest BCUT2D eigenvalue weighted by molar-refractivity contribution is 6.40. The van der Waals surface area contributed by atoms with Gasteiger partial charge < -0.3 is 15.4 Å². The van der Waals surface area contributed by atoms with Crippen molar-refractivity contribution in [3.63, 3.8) is 0 Å². The average molecular weight is 450 g/mol. The van der Waals surface area contributed by atoms with E-state index in [-0.39, 0.29) is 18.4 Å². The molecule has 174 valence electrons. The molecular weight excluding hydrogens is 418 g/mol. The number of hydrogen-bond acceptors (Lipinski definition) is 6. The van der Waals surface area contributed by atoms with Gasteiger partial charge in [-0.3, -0.25) is 19.5 Å². The molecule has 0 spiro atoms. The van der Waals surface area contributed by atoms with Crippen molar-refractivity contribution in [2.75, 3.05) is 37.9 Å². The highest BCUT2D eigenvalue weighted by Gasteiger charge is 2.37. The minimum Gasteiger partial charge on any atom is -0.379 e. The van der Waals surface area contributed by atoms with Gasteiger partial charge in [-0.2, -0.15) is 5.10 Å². The number of benzene rings is 2. The Kier molecular flexibility index (Phi) is 7.36. The Bertz CT molecular complexity index is 976. The van der Waals surface area contributed by atoms with E-state index in [4.69, 9.17) is 10.5 Å². The zero-order valence-electron chi connectivity index (χ0n) is 19.0. The molecule has 2 aliphatic rings. The summed E-state index contributed by atoms with van der Waals surface area (Å²) in [6.07, 6.45) is 0.193. The van der Waals surface area contributed by atoms with Gasteiger partial charge in [0.05, 0.1) is 18.9 Å². The van der Waals surface area contributed by atoms with E-state index in [0.717, 1.165) is 30.9 Å². The van der Waals surface area contributed by atoms with Crippen LogP contribution in [0, 0.1) is 0 Å². The summed E-state index contributed by atoms with van der Waals surface area (Å²) >= 11 is 0. The van der Waals surface area contributed by atoms with Crippen LogP contribution in [0.25, 0.3) is 0 Å². The van der Waals surface area contributed by atoms with Crippen LogP contribution < -0.4 is 10.7 Å². The quantitative estimate of drug-likeness (QED) is 0.664. The van der Waals surface area contributed by atoms with E-state index in [1.54, 1.807) is 5.01 Å². The number of nitrogens with two attached hydrogens (primary N) is 1. The lowest BCUT2D eigenvalue weighted by Gasteiger charge is -2.35. The summed E-state index contributed by atoms with van der Waals surface area (Å²) in [6, 6.07) is 18.6. The second-order valence-corrected chi connectivity index (χ2v) is 8.53. The van der Waals surface area contributed by atoms with E-state index in [0.29, 0.717) is 25.5 Å². The molecule has 33 heavy (non-hydrogen) atoms. The van der Waals surface area contributed by atoms with E-state index >= 15 is 0 Å². The maximum atomic E-state index is 13.8. The fourth-order valence-corrected chi connectivity index (χ4v) is 4.31. The molecule has 2 atom stereocenters. The van der Waals surface area contributed by atoms with Crippen molar-refractivity contribution in [2.24, 2.45) is 10.8 Å². The van der Waals surface area contributed by atoms with Gasteiger partial charge in [0.2, 0.25) is 5.91 Å². The molecule has 1 fully saturated rings. The van der Waals surface area contributed by atoms with Crippen molar-refractivity contribution in [1.29, 1.82) is 0 Å². The van der Waals surface area contributed by atoms with E-state index < -0.39 is 11.9 Å². The number of carbonyl (C=O) groups excluding carboxylic acids is 2. The average Bonchev–Trinajstić information content (AvgIpc) is 3.30. The number of amides is 2. The first-order chi connectivity index (χ1) is 16.0. The summed E-state index contributed by atoms with van der Waals surface area (Å²) in [5.74, 6) is -0.661. The Balaban J connectivity index is 1.58. The van der Waals surface area contributed by atoms with E-state index in [2.05, 4.69) is 16.9 Å². The Morgan fingerprint density at radius 3 is 2.36 bits per heavy atom. The van der Waals surface area contributed by atoms with Crippen molar-refractivity contribution < 1.29 is 14.3 Å². The van der Waals surface area contributed by atoms with Crippen LogP contribution in [-0.2, 0) is 20.9 Å². The molecule has 2 unspecified atom stereocenters. The monoisotopic (exact) mass is 449 g/mol. The van der Waals surface area contributed by atoms with Crippen LogP contribution in [0.3, 0.4) is 0 Å². The van der Waals surface area contributed by atoms with Crippen molar-refractivity contribution in [2.45, 2.75) is 32.0 Å². The van der Waals surface area contributed by atoms with E-state index in [1.807, 2.05) is 65.6 Å². The molecule has 2 amide bonds. The molecule has 0 bridgehead atoms. The first-order valence-electron chi connectivity index (χ1n) is 11.4. The normalized spacial score (nSPS) is 19.7. The molecule has 8 heteroatoms. The smallest absolute Gasteiger partial charge is 0.270 e. The largest absolute Gasteiger partial charge is 0.379 e. The van der Waals surface area contributed by atoms with Gasteiger partial charge in [-0.05, 0) is 24.6 Å². The maximum Gasteiger partial charge on any atom is 0.270 e. The molecule has 2 N–H and O–H groups in total. The number of carbonyl (C=O) groups is 2. The van der Waals surface area contributed by atoms with Gasteiger partial charge in [0.25, 0.3) is 5.91 Å². The maximum absolute atomic E-state index is 13.8. The van der Waals surface area contributed by atoms with Crippen LogP contribution >= 0.6 is 0 Å². The summed E-state index contributed by atoms with van der Waals surface area (Å²) in [6.45, 7) is 6.39. The number of para-hydroxylation sites is 1. The highest BCUT2D eigenvalue weighted by atomic mass is 16.5. The van der Waals surface area contributed by atoms with Crippen molar-refractivity contribution >= 4 is 23.2 Å². The first kappa shape index (κ1) is 22.9. The molecule has 2 aliphatic heterocycles. The molecule has 2 aromatic carbocycles. The SMILES string of the molecule is CC(CN1CCOCC1)N(Cc1ccccc1)C(=O)C1=NN(c2ccccc2)C(C(N)=O)C1. The second kappa shape index (κ2) is 10.6. The molecule has 0 saturated carbocycles. The molecule has 1 saturated heterocycles. The van der Waals surface area contributed by atoms with Crippen LogP contribution in [0.15, 0.2) is 65.8 Å². The van der Waals surface area contributed by atoms with E-state index in [1.165, 1.54) is 0 Å². The van der Waals surface area contributed by atoms with Gasteiger partial charge in [0.15, 0.2) is 0 Å². The minimum atomic E-state index is -0.681. The van der Waals surface area contributed by atoms with Gasteiger partial charge in [-0.25, -0.2) is 0 Å². The lowest BCUT2D eigenvalue weighted by atomic mass is 10.1. The Morgan fingerprint density at radius 1 is 1.09 bits per heavy atom. The summed E-state index contributed by atoms with van der Waals surface area (Å²) in [4.78, 5) is 30.1. The second-order valence-electron chi connectivity index (χ2n) is 8.53. The summed E-state index contributed by atoms with van der Waals surface area (Å²) < 4.78 is 5.46. The van der Waals surface area contributed by atoms with Crippen molar-refractivity contribution in [3.05, 3.63) is 66.2 Å². The number of rotatable bonds is 8. The van der Waals surface area contributed by atoms with E-state index in [9.17, 15) is 9.59 Å². The zero-order chi connectivity index (χ0) is 23.2. The third kappa shape index (κ3) is 5.58. The Hall–Kier alpha value is -3.23. The fourth-order valence-electron chi connectivity index (χ4n) is 4.31. The van der Waals surface area contributed by atoms with Gasteiger partial charge in [-0.1, -0.05) is 48.5 Å². The molecule has 2 aromatic rings. The number of hydrazone groups is 1. The van der Waals surface area contributed by atoms with Crippen molar-refractivity contribution in [1.82, 2.24) is 9.80 Å². The van der Waals surface area contributed by atoms with Gasteiger partial charge in [0, 0.05) is 38.6 Å². The van der Waals surface area contributed by atoms with Crippen LogP contribution in [0.5, 0.6) is 0 Å². The highest BCUT2D eigenvalue weighted by Crippen LogP contribution is 2.25. The number of hydrogen-bond donors (Lipinski definition) is 1. The predicted molar refractivity (Wildman–Crippen MR) is 128 cm³/mol. The first-order valence-corrected chi connectivity index (χ1v) is 11.4. The molecule has 0 radical (unpaired) electrons. The van der Waals surface area contributed by atoms with Crippen LogP contribution in [0.2, 0.25) is 0 Å². The third-order valence-electron chi connectivity index (χ3n) is 6.12. The fraction of sp³-hybridized carbons (Fsp3) is 0.400. The minimum absolute atomic E-state index is 0.0451. The lowest BCUT2D eigenvalue weighted by molar-refractivity contribution is -0.127. The molecule has 2 heterocycles. The van der Waals surface area contributed by atoms with Crippen molar-refractivity contribution in [3.8, 4) is 0 Å². The van der Waals surface area contributed by atoms with Gasteiger partial charge in [0.1, 0.15) is 11.8 Å². The number of anilines is 1.